The van der Waals surface area contributed by atoms with Crippen LogP contribution < -0.4 is 9.47 Å². The van der Waals surface area contributed by atoms with Gasteiger partial charge in [-0.1, -0.05) is 30.3 Å². The van der Waals surface area contributed by atoms with E-state index in [0.29, 0.717) is 6.42 Å². The fraction of sp³-hybridized carbons (Fsp3) is 0.519. The average Bonchev–Trinajstić information content (AvgIpc) is 2.96. The highest BCUT2D eigenvalue weighted by Crippen LogP contribution is 2.38. The Morgan fingerprint density at radius 2 is 1.27 bits per heavy atom. The van der Waals surface area contributed by atoms with E-state index in [9.17, 15) is 50.8 Å². The first kappa shape index (κ1) is 31.1. The fourth-order valence-electron chi connectivity index (χ4n) is 4.63. The highest BCUT2D eigenvalue weighted by atomic mass is 16.7. The third kappa shape index (κ3) is 6.79. The highest BCUT2D eigenvalue weighted by Gasteiger charge is 2.46. The number of aryl methyl sites for hydroxylation is 1. The predicted octanol–water partition coefficient (Wildman–Crippen LogP) is -2.43. The minimum absolute atomic E-state index is 0.0739. The Balaban J connectivity index is 1.64. The van der Waals surface area contributed by atoms with Gasteiger partial charge in [0.2, 0.25) is 12.6 Å². The molecule has 41 heavy (non-hydrogen) atoms. The molecule has 2 aliphatic rings. The molecule has 0 saturated carbocycles. The number of phenolic OH excluding ortho intramolecular Hbond substituents is 1. The number of aromatic hydroxyl groups is 1. The van der Waals surface area contributed by atoms with Crippen molar-refractivity contribution in [3.05, 3.63) is 53.6 Å². The van der Waals surface area contributed by atoms with E-state index in [0.717, 1.165) is 17.7 Å². The summed E-state index contributed by atoms with van der Waals surface area (Å²) in [5.41, 5.74) is 0.512. The second kappa shape index (κ2) is 13.4. The maximum atomic E-state index is 13.3. The van der Waals surface area contributed by atoms with Gasteiger partial charge in [0.15, 0.2) is 5.78 Å². The van der Waals surface area contributed by atoms with E-state index in [1.165, 1.54) is 0 Å². The van der Waals surface area contributed by atoms with Crippen LogP contribution >= 0.6 is 0 Å². The molecule has 2 heterocycles. The molecule has 2 saturated heterocycles. The number of hydrogen-bond donors (Lipinski definition) is 9. The van der Waals surface area contributed by atoms with Crippen LogP contribution in [0.5, 0.6) is 17.2 Å². The number of ketones is 1. The van der Waals surface area contributed by atoms with Crippen molar-refractivity contribution in [2.75, 3.05) is 13.2 Å². The SMILES string of the molecule is O=C(CCc1ccccc1)c1c(O)cc(OC2OC(CO)C(O)C(O)C2O)cc1OC1OC(CO)C(O)C(O)C1O. The normalized spacial score (nSPS) is 33.8. The number of rotatable bonds is 10. The minimum atomic E-state index is -1.84. The largest absolute Gasteiger partial charge is 0.507 e. The zero-order chi connectivity index (χ0) is 29.8. The number of phenols is 1. The Morgan fingerprint density at radius 3 is 1.80 bits per heavy atom. The summed E-state index contributed by atoms with van der Waals surface area (Å²) in [7, 11) is 0. The van der Waals surface area contributed by atoms with Crippen molar-refractivity contribution in [3.63, 3.8) is 0 Å². The summed E-state index contributed by atoms with van der Waals surface area (Å²) >= 11 is 0. The number of aliphatic hydroxyl groups is 8. The number of ether oxygens (including phenoxy) is 4. The van der Waals surface area contributed by atoms with Crippen molar-refractivity contribution in [1.29, 1.82) is 0 Å². The second-order valence-electron chi connectivity index (χ2n) is 9.85. The topological polar surface area (TPSA) is 236 Å². The van der Waals surface area contributed by atoms with Crippen LogP contribution in [-0.4, -0.2) is 126 Å². The summed E-state index contributed by atoms with van der Waals surface area (Å²) in [6.45, 7) is -1.45. The first-order valence-corrected chi connectivity index (χ1v) is 12.9. The summed E-state index contributed by atoms with van der Waals surface area (Å²) in [4.78, 5) is 13.3. The lowest BCUT2D eigenvalue weighted by molar-refractivity contribution is -0.278. The van der Waals surface area contributed by atoms with Crippen LogP contribution in [0.3, 0.4) is 0 Å². The van der Waals surface area contributed by atoms with Gasteiger partial charge in [-0.25, -0.2) is 0 Å². The Labute approximate surface area is 234 Å². The van der Waals surface area contributed by atoms with Crippen molar-refractivity contribution in [2.24, 2.45) is 0 Å². The quantitative estimate of drug-likeness (QED) is 0.132. The average molecular weight is 583 g/mol. The Bertz CT molecular complexity index is 1160. The Hall–Kier alpha value is -2.89. The number of Topliss-reactive ketones (excluding diaryl/α,β-unsaturated/α-hetero) is 1. The van der Waals surface area contributed by atoms with E-state index in [-0.39, 0.29) is 23.5 Å². The van der Waals surface area contributed by atoms with Crippen molar-refractivity contribution in [1.82, 2.24) is 0 Å². The van der Waals surface area contributed by atoms with Crippen molar-refractivity contribution in [3.8, 4) is 17.2 Å². The number of benzene rings is 2. The number of aliphatic hydroxyl groups excluding tert-OH is 8. The van der Waals surface area contributed by atoms with Gasteiger partial charge in [-0.3, -0.25) is 4.79 Å². The lowest BCUT2D eigenvalue weighted by atomic mass is 9.98. The summed E-state index contributed by atoms with van der Waals surface area (Å²) < 4.78 is 22.0. The molecule has 14 heteroatoms. The van der Waals surface area contributed by atoms with Gasteiger partial charge in [0, 0.05) is 18.6 Å². The molecule has 0 aliphatic carbocycles. The van der Waals surface area contributed by atoms with E-state index in [2.05, 4.69) is 0 Å². The molecular weight excluding hydrogens is 548 g/mol. The second-order valence-corrected chi connectivity index (χ2v) is 9.85. The maximum absolute atomic E-state index is 13.3. The molecule has 226 valence electrons. The van der Waals surface area contributed by atoms with Crippen LogP contribution in [-0.2, 0) is 15.9 Å². The van der Waals surface area contributed by atoms with Gasteiger partial charge in [0.1, 0.15) is 71.6 Å². The lowest BCUT2D eigenvalue weighted by Crippen LogP contribution is -2.60. The van der Waals surface area contributed by atoms with Crippen molar-refractivity contribution < 1.29 is 69.7 Å². The Kier molecular flexibility index (Phi) is 10.1. The summed E-state index contributed by atoms with van der Waals surface area (Å²) in [6.07, 6.45) is -16.2. The van der Waals surface area contributed by atoms with E-state index in [1.807, 2.05) is 18.2 Å². The first-order chi connectivity index (χ1) is 19.5. The third-order valence-electron chi connectivity index (χ3n) is 7.01. The molecule has 2 aliphatic heterocycles. The van der Waals surface area contributed by atoms with E-state index >= 15 is 0 Å². The summed E-state index contributed by atoms with van der Waals surface area (Å²) in [6, 6.07) is 11.2. The van der Waals surface area contributed by atoms with Crippen LogP contribution in [0.25, 0.3) is 0 Å². The van der Waals surface area contributed by atoms with Crippen LogP contribution in [0.4, 0.5) is 0 Å². The molecule has 10 unspecified atom stereocenters. The zero-order valence-electron chi connectivity index (χ0n) is 21.7. The van der Waals surface area contributed by atoms with Gasteiger partial charge in [-0.15, -0.1) is 0 Å². The van der Waals surface area contributed by atoms with Gasteiger partial charge in [-0.05, 0) is 12.0 Å². The molecule has 9 N–H and O–H groups in total. The van der Waals surface area contributed by atoms with Gasteiger partial charge in [0.05, 0.1) is 13.2 Å². The van der Waals surface area contributed by atoms with Crippen molar-refractivity contribution >= 4 is 5.78 Å². The van der Waals surface area contributed by atoms with Crippen LogP contribution in [0.1, 0.15) is 22.3 Å². The molecule has 2 aromatic rings. The van der Waals surface area contributed by atoms with Gasteiger partial charge >= 0.3 is 0 Å². The number of hydrogen-bond acceptors (Lipinski definition) is 14. The van der Waals surface area contributed by atoms with E-state index in [4.69, 9.17) is 18.9 Å². The van der Waals surface area contributed by atoms with Crippen molar-refractivity contribution in [2.45, 2.75) is 74.3 Å². The van der Waals surface area contributed by atoms with Crippen LogP contribution in [0.15, 0.2) is 42.5 Å². The van der Waals surface area contributed by atoms with Gasteiger partial charge < -0.3 is 64.9 Å². The standard InChI is InChI=1S/C27H34O14/c28-10-17-20(32)22(34)24(36)26(40-17)38-13-8-15(31)19(14(30)7-6-12-4-2-1-3-5-12)16(9-13)39-27-25(37)23(35)21(33)18(11-29)41-27/h1-5,8-9,17-18,20-29,31-37H,6-7,10-11H2. The third-order valence-corrected chi connectivity index (χ3v) is 7.01. The molecule has 2 aromatic carbocycles. The lowest BCUT2D eigenvalue weighted by Gasteiger charge is -2.40. The monoisotopic (exact) mass is 582 g/mol. The molecule has 2 fully saturated rings. The molecule has 14 nitrogen and oxygen atoms in total. The van der Waals surface area contributed by atoms with Gasteiger partial charge in [0.25, 0.3) is 0 Å². The molecule has 0 bridgehead atoms. The van der Waals surface area contributed by atoms with E-state index in [1.54, 1.807) is 12.1 Å². The molecule has 10 atom stereocenters. The molecule has 0 amide bonds. The molecule has 0 radical (unpaired) electrons. The number of carbonyl (C=O) groups excluding carboxylic acids is 1. The molecule has 4 rings (SSSR count). The molecule has 0 aromatic heterocycles. The molecular formula is C27H34O14. The number of carbonyl (C=O) groups is 1. The first-order valence-electron chi connectivity index (χ1n) is 12.9. The van der Waals surface area contributed by atoms with Gasteiger partial charge in [-0.2, -0.15) is 0 Å². The zero-order valence-corrected chi connectivity index (χ0v) is 21.7. The van der Waals surface area contributed by atoms with Crippen LogP contribution in [0.2, 0.25) is 0 Å². The van der Waals surface area contributed by atoms with E-state index < -0.39 is 86.2 Å². The Morgan fingerprint density at radius 1 is 0.732 bits per heavy atom. The smallest absolute Gasteiger partial charge is 0.229 e. The summed E-state index contributed by atoms with van der Waals surface area (Å²) in [5.74, 6) is -1.85. The minimum Gasteiger partial charge on any atom is -0.507 e. The van der Waals surface area contributed by atoms with Crippen LogP contribution in [0, 0.1) is 0 Å². The fourth-order valence-corrected chi connectivity index (χ4v) is 4.63. The predicted molar refractivity (Wildman–Crippen MR) is 136 cm³/mol. The summed E-state index contributed by atoms with van der Waals surface area (Å²) in [5, 5.41) is 90.9. The highest BCUT2D eigenvalue weighted by molar-refractivity contribution is 6.01. The maximum Gasteiger partial charge on any atom is 0.229 e. The molecule has 0 spiro atoms.